The van der Waals surface area contributed by atoms with Crippen LogP contribution in [0.2, 0.25) is 0 Å². The third kappa shape index (κ3) is 3.88. The standard InChI is InChI=1S/C18H26BrNO/c1-5-6-15(19)12-13-7-8-16-14(11-13)9-10-20(16)17(21)18(2,3)4/h7-8,11,15H,5-6,9-10,12H2,1-4H3. The first-order chi connectivity index (χ1) is 9.82. The van der Waals surface area contributed by atoms with Crippen LogP contribution in [0.1, 0.15) is 51.7 Å². The van der Waals surface area contributed by atoms with E-state index in [1.807, 2.05) is 25.7 Å². The molecule has 1 amide bonds. The molecule has 0 N–H and O–H groups in total. The number of anilines is 1. The summed E-state index contributed by atoms with van der Waals surface area (Å²) in [7, 11) is 0. The van der Waals surface area contributed by atoms with Crippen molar-refractivity contribution in [1.82, 2.24) is 0 Å². The molecule has 0 aliphatic carbocycles. The molecule has 0 bridgehead atoms. The van der Waals surface area contributed by atoms with Crippen LogP contribution < -0.4 is 4.90 Å². The van der Waals surface area contributed by atoms with Crippen molar-refractivity contribution in [2.75, 3.05) is 11.4 Å². The van der Waals surface area contributed by atoms with Gasteiger partial charge in [0, 0.05) is 22.5 Å². The van der Waals surface area contributed by atoms with Gasteiger partial charge in [0.2, 0.25) is 5.91 Å². The molecule has 1 heterocycles. The van der Waals surface area contributed by atoms with E-state index < -0.39 is 0 Å². The predicted octanol–water partition coefficient (Wildman–Crippen LogP) is 4.73. The van der Waals surface area contributed by atoms with Gasteiger partial charge in [-0.15, -0.1) is 0 Å². The number of rotatable bonds is 4. The molecule has 1 aromatic carbocycles. The van der Waals surface area contributed by atoms with Crippen molar-refractivity contribution in [2.24, 2.45) is 5.41 Å². The fraction of sp³-hybridized carbons (Fsp3) is 0.611. The van der Waals surface area contributed by atoms with Crippen molar-refractivity contribution in [3.05, 3.63) is 29.3 Å². The number of alkyl halides is 1. The topological polar surface area (TPSA) is 20.3 Å². The van der Waals surface area contributed by atoms with Gasteiger partial charge in [-0.3, -0.25) is 4.79 Å². The Morgan fingerprint density at radius 3 is 2.71 bits per heavy atom. The molecule has 3 heteroatoms. The van der Waals surface area contributed by atoms with Crippen molar-refractivity contribution in [3.8, 4) is 0 Å². The Kier molecular flexibility index (Phi) is 5.13. The van der Waals surface area contributed by atoms with E-state index in [1.54, 1.807) is 0 Å². The highest BCUT2D eigenvalue weighted by atomic mass is 79.9. The van der Waals surface area contributed by atoms with Crippen LogP contribution in [0.3, 0.4) is 0 Å². The molecule has 1 aliphatic rings. The quantitative estimate of drug-likeness (QED) is 0.718. The van der Waals surface area contributed by atoms with Crippen LogP contribution >= 0.6 is 15.9 Å². The summed E-state index contributed by atoms with van der Waals surface area (Å²) in [6, 6.07) is 6.60. The van der Waals surface area contributed by atoms with E-state index in [9.17, 15) is 4.79 Å². The minimum absolute atomic E-state index is 0.221. The largest absolute Gasteiger partial charge is 0.311 e. The van der Waals surface area contributed by atoms with E-state index in [1.165, 1.54) is 24.0 Å². The maximum Gasteiger partial charge on any atom is 0.232 e. The summed E-state index contributed by atoms with van der Waals surface area (Å²) in [4.78, 5) is 15.0. The van der Waals surface area contributed by atoms with E-state index in [0.29, 0.717) is 4.83 Å². The van der Waals surface area contributed by atoms with Gasteiger partial charge in [0.05, 0.1) is 0 Å². The molecular formula is C18H26BrNO. The molecule has 116 valence electrons. The average molecular weight is 352 g/mol. The molecule has 0 fully saturated rings. The molecule has 0 aromatic heterocycles. The highest BCUT2D eigenvalue weighted by Gasteiger charge is 2.32. The summed E-state index contributed by atoms with van der Waals surface area (Å²) in [6.07, 6.45) is 4.44. The molecule has 2 nitrogen and oxygen atoms in total. The van der Waals surface area contributed by atoms with Crippen molar-refractivity contribution in [3.63, 3.8) is 0 Å². The number of nitrogens with zero attached hydrogens (tertiary/aromatic N) is 1. The maximum atomic E-state index is 12.5. The Labute approximate surface area is 137 Å². The summed E-state index contributed by atoms with van der Waals surface area (Å²) in [6.45, 7) is 9.00. The first-order valence-corrected chi connectivity index (χ1v) is 8.82. The monoisotopic (exact) mass is 351 g/mol. The molecule has 0 spiro atoms. The molecule has 0 saturated carbocycles. The van der Waals surface area contributed by atoms with Crippen LogP contribution in [0.25, 0.3) is 0 Å². The number of halogens is 1. The highest BCUT2D eigenvalue weighted by molar-refractivity contribution is 9.09. The second-order valence-corrected chi connectivity index (χ2v) is 8.30. The zero-order valence-electron chi connectivity index (χ0n) is 13.6. The van der Waals surface area contributed by atoms with Gasteiger partial charge in [-0.2, -0.15) is 0 Å². The maximum absolute atomic E-state index is 12.5. The summed E-state index contributed by atoms with van der Waals surface area (Å²) in [5, 5.41) is 0. The number of fused-ring (bicyclic) bond motifs is 1. The zero-order chi connectivity index (χ0) is 15.6. The lowest BCUT2D eigenvalue weighted by Crippen LogP contribution is -2.38. The Balaban J connectivity index is 2.15. The van der Waals surface area contributed by atoms with Crippen molar-refractivity contribution in [2.45, 2.75) is 58.2 Å². The Morgan fingerprint density at radius 2 is 2.10 bits per heavy atom. The van der Waals surface area contributed by atoms with E-state index in [2.05, 4.69) is 41.1 Å². The fourth-order valence-electron chi connectivity index (χ4n) is 2.87. The number of carbonyl (C=O) groups is 1. The zero-order valence-corrected chi connectivity index (χ0v) is 15.2. The van der Waals surface area contributed by atoms with E-state index in [-0.39, 0.29) is 11.3 Å². The third-order valence-corrected chi connectivity index (χ3v) is 4.77. The van der Waals surface area contributed by atoms with Crippen molar-refractivity contribution in [1.29, 1.82) is 0 Å². The van der Waals surface area contributed by atoms with Gasteiger partial charge in [0.25, 0.3) is 0 Å². The lowest BCUT2D eigenvalue weighted by molar-refractivity contribution is -0.125. The molecule has 1 aliphatic heterocycles. The van der Waals surface area contributed by atoms with E-state index >= 15 is 0 Å². The molecule has 1 aromatic rings. The lowest BCUT2D eigenvalue weighted by atomic mass is 9.94. The lowest BCUT2D eigenvalue weighted by Gasteiger charge is -2.26. The van der Waals surface area contributed by atoms with Gasteiger partial charge in [0.1, 0.15) is 0 Å². The summed E-state index contributed by atoms with van der Waals surface area (Å²) < 4.78 is 0. The van der Waals surface area contributed by atoms with Gasteiger partial charge in [-0.1, -0.05) is 62.2 Å². The van der Waals surface area contributed by atoms with Gasteiger partial charge in [-0.05, 0) is 36.5 Å². The van der Waals surface area contributed by atoms with Crippen molar-refractivity contribution >= 4 is 27.5 Å². The van der Waals surface area contributed by atoms with Crippen molar-refractivity contribution < 1.29 is 4.79 Å². The number of amides is 1. The Hall–Kier alpha value is -0.830. The average Bonchev–Trinajstić information content (AvgIpc) is 2.79. The molecular weight excluding hydrogens is 326 g/mol. The number of carbonyl (C=O) groups excluding carboxylic acids is 1. The van der Waals surface area contributed by atoms with Gasteiger partial charge < -0.3 is 4.90 Å². The molecule has 1 atom stereocenters. The normalized spacial score (nSPS) is 16.0. The van der Waals surface area contributed by atoms with E-state index in [4.69, 9.17) is 0 Å². The Morgan fingerprint density at radius 1 is 1.38 bits per heavy atom. The predicted molar refractivity (Wildman–Crippen MR) is 93.3 cm³/mol. The van der Waals surface area contributed by atoms with Crippen LogP contribution in [0, 0.1) is 5.41 Å². The molecule has 0 saturated heterocycles. The molecule has 1 unspecified atom stereocenters. The van der Waals surface area contributed by atoms with Crippen LogP contribution in [-0.2, 0) is 17.6 Å². The number of hydrogen-bond donors (Lipinski definition) is 0. The second-order valence-electron chi connectivity index (χ2n) is 7.01. The molecule has 2 rings (SSSR count). The second kappa shape index (κ2) is 6.51. The molecule has 21 heavy (non-hydrogen) atoms. The Bertz CT molecular complexity index is 518. The van der Waals surface area contributed by atoms with Gasteiger partial charge in [-0.25, -0.2) is 0 Å². The minimum atomic E-state index is -0.317. The van der Waals surface area contributed by atoms with E-state index in [0.717, 1.165) is 25.1 Å². The summed E-state index contributed by atoms with van der Waals surface area (Å²) in [5.74, 6) is 0.221. The third-order valence-electron chi connectivity index (χ3n) is 3.99. The summed E-state index contributed by atoms with van der Waals surface area (Å²) >= 11 is 3.75. The fourth-order valence-corrected chi connectivity index (χ4v) is 3.70. The van der Waals surface area contributed by atoms with Gasteiger partial charge in [0.15, 0.2) is 0 Å². The smallest absolute Gasteiger partial charge is 0.232 e. The summed E-state index contributed by atoms with van der Waals surface area (Å²) in [5.41, 5.74) is 3.48. The number of hydrogen-bond acceptors (Lipinski definition) is 1. The number of benzene rings is 1. The highest BCUT2D eigenvalue weighted by Crippen LogP contribution is 2.33. The van der Waals surface area contributed by atoms with Crippen LogP contribution in [-0.4, -0.2) is 17.3 Å². The SMILES string of the molecule is CCCC(Br)Cc1ccc2c(c1)CCN2C(=O)C(C)(C)C. The molecule has 0 radical (unpaired) electrons. The first kappa shape index (κ1) is 16.5. The van der Waals surface area contributed by atoms with Crippen LogP contribution in [0.15, 0.2) is 18.2 Å². The van der Waals surface area contributed by atoms with Gasteiger partial charge >= 0.3 is 0 Å². The minimum Gasteiger partial charge on any atom is -0.311 e. The van der Waals surface area contributed by atoms with Crippen LogP contribution in [0.5, 0.6) is 0 Å². The first-order valence-electron chi connectivity index (χ1n) is 7.90. The van der Waals surface area contributed by atoms with Crippen LogP contribution in [0.4, 0.5) is 5.69 Å².